The SMILES string of the molecule is Clc1s[c]cc1Br. The third-order valence-electron chi connectivity index (χ3n) is 0.522. The second-order valence-electron chi connectivity index (χ2n) is 0.986. The van der Waals surface area contributed by atoms with E-state index in [0.29, 0.717) is 0 Å². The molecule has 1 aromatic heterocycles. The van der Waals surface area contributed by atoms with E-state index in [2.05, 4.69) is 21.3 Å². The van der Waals surface area contributed by atoms with Gasteiger partial charge in [0, 0.05) is 9.85 Å². The molecule has 0 amide bonds. The van der Waals surface area contributed by atoms with Crippen LogP contribution in [0.15, 0.2) is 10.5 Å². The van der Waals surface area contributed by atoms with Gasteiger partial charge in [-0.1, -0.05) is 11.6 Å². The quantitative estimate of drug-likeness (QED) is 0.598. The lowest BCUT2D eigenvalue weighted by molar-refractivity contribution is 1.89. The Balaban J connectivity index is 3.12. The first-order chi connectivity index (χ1) is 3.30. The Bertz CT molecular complexity index is 144. The molecule has 0 aliphatic heterocycles. The van der Waals surface area contributed by atoms with Crippen molar-refractivity contribution in [3.8, 4) is 0 Å². The fourth-order valence-electron chi connectivity index (χ4n) is 0.238. The molecule has 0 atom stereocenters. The first-order valence-corrected chi connectivity index (χ1v) is 3.60. The molecule has 1 aromatic rings. The fraction of sp³-hybridized carbons (Fsp3) is 0. The van der Waals surface area contributed by atoms with E-state index in [-0.39, 0.29) is 0 Å². The first-order valence-electron chi connectivity index (χ1n) is 1.61. The lowest BCUT2D eigenvalue weighted by Gasteiger charge is -1.74. The zero-order chi connectivity index (χ0) is 5.28. The van der Waals surface area contributed by atoms with Crippen LogP contribution in [-0.2, 0) is 0 Å². The summed E-state index contributed by atoms with van der Waals surface area (Å²) in [4.78, 5) is 0. The van der Waals surface area contributed by atoms with Crippen molar-refractivity contribution in [1.82, 2.24) is 0 Å². The molecule has 7 heavy (non-hydrogen) atoms. The molecule has 0 N–H and O–H groups in total. The van der Waals surface area contributed by atoms with Crippen LogP contribution in [0.2, 0.25) is 4.34 Å². The highest BCUT2D eigenvalue weighted by molar-refractivity contribution is 9.10. The van der Waals surface area contributed by atoms with Crippen LogP contribution in [0.5, 0.6) is 0 Å². The van der Waals surface area contributed by atoms with Crippen LogP contribution < -0.4 is 0 Å². The number of rotatable bonds is 0. The predicted octanol–water partition coefficient (Wildman–Crippen LogP) is 2.96. The van der Waals surface area contributed by atoms with Crippen LogP contribution in [0, 0.1) is 5.38 Å². The van der Waals surface area contributed by atoms with E-state index < -0.39 is 0 Å². The summed E-state index contributed by atoms with van der Waals surface area (Å²) in [6.45, 7) is 0. The van der Waals surface area contributed by atoms with Crippen molar-refractivity contribution < 1.29 is 0 Å². The second kappa shape index (κ2) is 2.16. The van der Waals surface area contributed by atoms with E-state index >= 15 is 0 Å². The standard InChI is InChI=1S/C4HBrClS/c5-3-1-2-7-4(3)6/h1H. The summed E-state index contributed by atoms with van der Waals surface area (Å²) in [5.41, 5.74) is 0. The number of hydrogen-bond donors (Lipinski definition) is 0. The highest BCUT2D eigenvalue weighted by Crippen LogP contribution is 2.26. The molecule has 0 bridgehead atoms. The molecule has 1 radical (unpaired) electrons. The molecule has 0 spiro atoms. The minimum absolute atomic E-state index is 0.764. The predicted molar refractivity (Wildman–Crippen MR) is 35.9 cm³/mol. The molecule has 0 nitrogen and oxygen atoms in total. The summed E-state index contributed by atoms with van der Waals surface area (Å²) in [5, 5.41) is 2.86. The Morgan fingerprint density at radius 3 is 2.71 bits per heavy atom. The van der Waals surface area contributed by atoms with Crippen LogP contribution in [0.3, 0.4) is 0 Å². The van der Waals surface area contributed by atoms with E-state index in [1.54, 1.807) is 6.07 Å². The van der Waals surface area contributed by atoms with Crippen molar-refractivity contribution in [2.24, 2.45) is 0 Å². The minimum Gasteiger partial charge on any atom is -0.121 e. The Kier molecular flexibility index (Phi) is 1.73. The van der Waals surface area contributed by atoms with Crippen molar-refractivity contribution >= 4 is 38.9 Å². The van der Waals surface area contributed by atoms with Gasteiger partial charge < -0.3 is 0 Å². The molecule has 0 aliphatic rings. The van der Waals surface area contributed by atoms with Crippen molar-refractivity contribution in [2.45, 2.75) is 0 Å². The monoisotopic (exact) mass is 195 g/mol. The zero-order valence-electron chi connectivity index (χ0n) is 3.24. The molecule has 0 saturated carbocycles. The maximum Gasteiger partial charge on any atom is 0.108 e. The first kappa shape index (κ1) is 5.60. The normalized spacial score (nSPS) is 9.43. The summed E-state index contributed by atoms with van der Waals surface area (Å²) in [5.74, 6) is 0. The Morgan fingerprint density at radius 1 is 1.86 bits per heavy atom. The van der Waals surface area contributed by atoms with Gasteiger partial charge in [0.2, 0.25) is 0 Å². The van der Waals surface area contributed by atoms with Gasteiger partial charge in [0.15, 0.2) is 0 Å². The number of hydrogen-bond acceptors (Lipinski definition) is 1. The third kappa shape index (κ3) is 1.18. The molecular weight excluding hydrogens is 195 g/mol. The average Bonchev–Trinajstić information content (AvgIpc) is 1.91. The molecule has 1 heterocycles. The van der Waals surface area contributed by atoms with Gasteiger partial charge in [-0.05, 0) is 22.0 Å². The molecule has 37 valence electrons. The van der Waals surface area contributed by atoms with E-state index in [0.717, 1.165) is 8.81 Å². The fourth-order valence-corrected chi connectivity index (χ4v) is 1.37. The summed E-state index contributed by atoms with van der Waals surface area (Å²) in [7, 11) is 0. The molecule has 3 heteroatoms. The van der Waals surface area contributed by atoms with E-state index in [4.69, 9.17) is 11.6 Å². The van der Waals surface area contributed by atoms with Gasteiger partial charge >= 0.3 is 0 Å². The number of thiophene rings is 1. The third-order valence-corrected chi connectivity index (χ3v) is 2.71. The van der Waals surface area contributed by atoms with Crippen molar-refractivity contribution in [2.75, 3.05) is 0 Å². The van der Waals surface area contributed by atoms with Gasteiger partial charge in [0.1, 0.15) is 4.34 Å². The van der Waals surface area contributed by atoms with Crippen molar-refractivity contribution in [3.05, 3.63) is 20.3 Å². The summed E-state index contributed by atoms with van der Waals surface area (Å²) in [6.07, 6.45) is 0. The second-order valence-corrected chi connectivity index (χ2v) is 3.29. The summed E-state index contributed by atoms with van der Waals surface area (Å²) in [6, 6.07) is 1.80. The van der Waals surface area contributed by atoms with Gasteiger partial charge in [0.25, 0.3) is 0 Å². The van der Waals surface area contributed by atoms with Gasteiger partial charge in [-0.2, -0.15) is 0 Å². The minimum atomic E-state index is 0.764. The summed E-state index contributed by atoms with van der Waals surface area (Å²) < 4.78 is 1.69. The van der Waals surface area contributed by atoms with Crippen molar-refractivity contribution in [1.29, 1.82) is 0 Å². The largest absolute Gasteiger partial charge is 0.121 e. The van der Waals surface area contributed by atoms with Gasteiger partial charge in [-0.3, -0.25) is 0 Å². The highest BCUT2D eigenvalue weighted by Gasteiger charge is 1.92. The topological polar surface area (TPSA) is 0 Å². The molecule has 0 fully saturated rings. The van der Waals surface area contributed by atoms with Crippen LogP contribution in [0.4, 0.5) is 0 Å². The molecule has 0 saturated heterocycles. The molecule has 0 unspecified atom stereocenters. The molecular formula is C4HBrClS. The van der Waals surface area contributed by atoms with Crippen LogP contribution in [-0.4, -0.2) is 0 Å². The van der Waals surface area contributed by atoms with E-state index in [1.165, 1.54) is 11.3 Å². The van der Waals surface area contributed by atoms with Gasteiger partial charge in [-0.15, -0.1) is 11.3 Å². The lowest BCUT2D eigenvalue weighted by Crippen LogP contribution is -1.43. The average molecular weight is 196 g/mol. The molecule has 1 rings (SSSR count). The summed E-state index contributed by atoms with van der Waals surface area (Å²) >= 11 is 10.2. The Labute approximate surface area is 59.2 Å². The number of halogens is 2. The van der Waals surface area contributed by atoms with E-state index in [9.17, 15) is 0 Å². The Morgan fingerprint density at radius 2 is 2.57 bits per heavy atom. The smallest absolute Gasteiger partial charge is 0.108 e. The van der Waals surface area contributed by atoms with Crippen LogP contribution in [0.25, 0.3) is 0 Å². The van der Waals surface area contributed by atoms with Crippen LogP contribution >= 0.6 is 38.9 Å². The lowest BCUT2D eigenvalue weighted by atomic mass is 10.7. The maximum absolute atomic E-state index is 5.56. The van der Waals surface area contributed by atoms with Crippen LogP contribution in [0.1, 0.15) is 0 Å². The van der Waals surface area contributed by atoms with Crippen molar-refractivity contribution in [3.63, 3.8) is 0 Å². The van der Waals surface area contributed by atoms with Gasteiger partial charge in [-0.25, -0.2) is 0 Å². The zero-order valence-corrected chi connectivity index (χ0v) is 6.40. The molecule has 0 aliphatic carbocycles. The highest BCUT2D eigenvalue weighted by atomic mass is 79.9. The Hall–Kier alpha value is 0.470. The van der Waals surface area contributed by atoms with Gasteiger partial charge in [0.05, 0.1) is 0 Å². The van der Waals surface area contributed by atoms with E-state index in [1.807, 2.05) is 0 Å². The maximum atomic E-state index is 5.56. The molecule has 0 aromatic carbocycles.